The first-order valence-electron chi connectivity index (χ1n) is 7.64. The van der Waals surface area contributed by atoms with Crippen molar-refractivity contribution in [3.8, 4) is 0 Å². The van der Waals surface area contributed by atoms with Gasteiger partial charge in [-0.15, -0.1) is 0 Å². The highest BCUT2D eigenvalue weighted by molar-refractivity contribution is 6.04. The van der Waals surface area contributed by atoms with Crippen LogP contribution in [0.25, 0.3) is 0 Å². The van der Waals surface area contributed by atoms with E-state index in [9.17, 15) is 19.5 Å². The zero-order valence-corrected chi connectivity index (χ0v) is 14.1. The number of carbonyl (C=O) groups excluding carboxylic acids is 2. The molecule has 2 heterocycles. The van der Waals surface area contributed by atoms with Gasteiger partial charge in [0.2, 0.25) is 0 Å². The Morgan fingerprint density at radius 3 is 2.48 bits per heavy atom. The summed E-state index contributed by atoms with van der Waals surface area (Å²) >= 11 is 0. The van der Waals surface area contributed by atoms with E-state index in [4.69, 9.17) is 9.47 Å². The van der Waals surface area contributed by atoms with Crippen molar-refractivity contribution in [1.82, 2.24) is 4.90 Å². The number of likely N-dealkylation sites (tertiary alicyclic amines) is 1. The number of ether oxygens (including phenoxy) is 2. The number of hydrogen-bond acceptors (Lipinski definition) is 5. The van der Waals surface area contributed by atoms with Crippen LogP contribution in [-0.4, -0.2) is 51.8 Å². The van der Waals surface area contributed by atoms with E-state index in [0.29, 0.717) is 0 Å². The number of esters is 1. The zero-order chi connectivity index (χ0) is 17.6. The Hall–Kier alpha value is -2.05. The molecule has 2 aliphatic rings. The van der Waals surface area contributed by atoms with Crippen molar-refractivity contribution < 1.29 is 29.0 Å². The van der Waals surface area contributed by atoms with Crippen LogP contribution >= 0.6 is 0 Å². The van der Waals surface area contributed by atoms with Gasteiger partial charge in [-0.3, -0.25) is 0 Å². The van der Waals surface area contributed by atoms with Crippen molar-refractivity contribution >= 4 is 18.0 Å². The van der Waals surface area contributed by atoms with Gasteiger partial charge in [0, 0.05) is 31.0 Å². The van der Waals surface area contributed by atoms with Gasteiger partial charge in [0.15, 0.2) is 0 Å². The van der Waals surface area contributed by atoms with Crippen LogP contribution in [0.15, 0.2) is 11.1 Å². The summed E-state index contributed by atoms with van der Waals surface area (Å²) in [4.78, 5) is 37.2. The molecule has 0 aromatic carbocycles. The molecule has 1 N–H and O–H groups in total. The van der Waals surface area contributed by atoms with Crippen LogP contribution in [0.1, 0.15) is 47.5 Å². The lowest BCUT2D eigenvalue weighted by atomic mass is 9.80. The number of carboxylic acids is 1. The molecule has 7 nitrogen and oxygen atoms in total. The van der Waals surface area contributed by atoms with Gasteiger partial charge in [-0.25, -0.2) is 14.4 Å². The minimum Gasteiger partial charge on any atom is -0.478 e. The average Bonchev–Trinajstić information content (AvgIpc) is 2.58. The second-order valence-corrected chi connectivity index (χ2v) is 7.17. The van der Waals surface area contributed by atoms with Crippen molar-refractivity contribution in [2.45, 2.75) is 64.7 Å². The lowest BCUT2D eigenvalue weighted by molar-refractivity contribution is -0.153. The van der Waals surface area contributed by atoms with Gasteiger partial charge in [-0.2, -0.15) is 0 Å². The number of carboxylic acid groups (broad SMARTS) is 1. The molecule has 7 heteroatoms. The Labute approximate surface area is 135 Å². The second kappa shape index (κ2) is 5.54. The van der Waals surface area contributed by atoms with E-state index in [1.807, 2.05) is 0 Å². The largest absolute Gasteiger partial charge is 0.478 e. The molecule has 2 unspecified atom stereocenters. The van der Waals surface area contributed by atoms with Gasteiger partial charge in [0.25, 0.3) is 0 Å². The smallest absolute Gasteiger partial charge is 0.410 e. The fourth-order valence-electron chi connectivity index (χ4n) is 3.23. The lowest BCUT2D eigenvalue weighted by Gasteiger charge is -2.43. The Morgan fingerprint density at radius 2 is 2.00 bits per heavy atom. The average molecular weight is 325 g/mol. The molecule has 0 aromatic rings. The quantitative estimate of drug-likeness (QED) is 0.742. The van der Waals surface area contributed by atoms with E-state index in [1.165, 1.54) is 6.92 Å². The Balaban J connectivity index is 2.20. The normalized spacial score (nSPS) is 28.1. The third kappa shape index (κ3) is 3.18. The van der Waals surface area contributed by atoms with Crippen molar-refractivity contribution in [2.24, 2.45) is 0 Å². The zero-order valence-electron chi connectivity index (χ0n) is 14.1. The van der Waals surface area contributed by atoms with Gasteiger partial charge < -0.3 is 19.5 Å². The highest BCUT2D eigenvalue weighted by atomic mass is 16.6. The van der Waals surface area contributed by atoms with Crippen LogP contribution in [-0.2, 0) is 19.1 Å². The summed E-state index contributed by atoms with van der Waals surface area (Å²) in [7, 11) is 0. The molecule has 1 amide bonds. The molecule has 128 valence electrons. The van der Waals surface area contributed by atoms with Gasteiger partial charge in [0.1, 0.15) is 11.2 Å². The molecule has 2 aliphatic heterocycles. The summed E-state index contributed by atoms with van der Waals surface area (Å²) < 4.78 is 10.8. The van der Waals surface area contributed by atoms with Gasteiger partial charge in [-0.05, 0) is 34.6 Å². The van der Waals surface area contributed by atoms with Crippen LogP contribution < -0.4 is 0 Å². The summed E-state index contributed by atoms with van der Waals surface area (Å²) in [5.41, 5.74) is -1.60. The van der Waals surface area contributed by atoms with Gasteiger partial charge in [0.05, 0.1) is 5.57 Å². The van der Waals surface area contributed by atoms with Crippen molar-refractivity contribution in [2.75, 3.05) is 6.54 Å². The Kier molecular flexibility index (Phi) is 4.17. The van der Waals surface area contributed by atoms with Crippen LogP contribution in [0.2, 0.25) is 0 Å². The van der Waals surface area contributed by atoms with E-state index in [0.717, 1.165) is 0 Å². The predicted molar refractivity (Wildman–Crippen MR) is 80.8 cm³/mol. The first kappa shape index (κ1) is 17.3. The topological polar surface area (TPSA) is 93.1 Å². The number of nitrogens with zero attached hydrogens (tertiary/aromatic N) is 1. The molecule has 0 bridgehead atoms. The number of amides is 1. The van der Waals surface area contributed by atoms with E-state index < -0.39 is 29.2 Å². The van der Waals surface area contributed by atoms with Crippen LogP contribution in [0, 0.1) is 0 Å². The molecule has 1 fully saturated rings. The van der Waals surface area contributed by atoms with Crippen LogP contribution in [0.3, 0.4) is 0 Å². The van der Waals surface area contributed by atoms with Gasteiger partial charge >= 0.3 is 18.0 Å². The first-order chi connectivity index (χ1) is 10.5. The maximum Gasteiger partial charge on any atom is 0.410 e. The number of rotatable bonds is 1. The lowest BCUT2D eigenvalue weighted by Crippen LogP contribution is -2.54. The molecule has 1 saturated heterocycles. The minimum absolute atomic E-state index is 0.0122. The summed E-state index contributed by atoms with van der Waals surface area (Å²) in [6.07, 6.45) is 0.0554. The maximum absolute atomic E-state index is 12.2. The second-order valence-electron chi connectivity index (χ2n) is 7.17. The number of hydrogen-bond donors (Lipinski definition) is 1. The molecular weight excluding hydrogens is 302 g/mol. The minimum atomic E-state index is -1.15. The summed E-state index contributed by atoms with van der Waals surface area (Å²) in [5, 5.41) is 9.44. The summed E-state index contributed by atoms with van der Waals surface area (Å²) in [6.45, 7) is 8.89. The molecule has 2 atom stereocenters. The Bertz CT molecular complexity index is 588. The fourth-order valence-corrected chi connectivity index (χ4v) is 3.23. The standard InChI is InChI=1S/C16H23NO6/c1-9-8-16(11(12(18)19)10(2)13(20)22-16)6-7-17(9)14(21)23-15(3,4)5/h9H,6-8H2,1-5H3,(H,18,19). The summed E-state index contributed by atoms with van der Waals surface area (Å²) in [5.74, 6) is -1.74. The van der Waals surface area contributed by atoms with E-state index in [-0.39, 0.29) is 36.6 Å². The first-order valence-corrected chi connectivity index (χ1v) is 7.64. The monoisotopic (exact) mass is 325 g/mol. The molecule has 2 rings (SSSR count). The van der Waals surface area contributed by atoms with Crippen LogP contribution in [0.4, 0.5) is 4.79 Å². The van der Waals surface area contributed by atoms with E-state index in [1.54, 1.807) is 32.6 Å². The number of piperidine rings is 1. The number of aliphatic carboxylic acids is 1. The van der Waals surface area contributed by atoms with E-state index in [2.05, 4.69) is 0 Å². The Morgan fingerprint density at radius 1 is 1.39 bits per heavy atom. The molecule has 0 aliphatic carbocycles. The third-order valence-corrected chi connectivity index (χ3v) is 4.18. The number of carbonyl (C=O) groups is 3. The molecular formula is C16H23NO6. The van der Waals surface area contributed by atoms with E-state index >= 15 is 0 Å². The predicted octanol–water partition coefficient (Wildman–Crippen LogP) is 2.10. The SMILES string of the molecule is CC1=C(C(=O)O)C2(CCN(C(=O)OC(C)(C)C)C(C)C2)OC1=O. The van der Waals surface area contributed by atoms with Crippen molar-refractivity contribution in [3.05, 3.63) is 11.1 Å². The third-order valence-electron chi connectivity index (χ3n) is 4.18. The van der Waals surface area contributed by atoms with Crippen molar-refractivity contribution in [3.63, 3.8) is 0 Å². The maximum atomic E-state index is 12.2. The molecule has 23 heavy (non-hydrogen) atoms. The van der Waals surface area contributed by atoms with Crippen LogP contribution in [0.5, 0.6) is 0 Å². The summed E-state index contributed by atoms with van der Waals surface area (Å²) in [6, 6.07) is -0.299. The molecule has 0 radical (unpaired) electrons. The highest BCUT2D eigenvalue weighted by Crippen LogP contribution is 2.43. The van der Waals surface area contributed by atoms with Crippen molar-refractivity contribution in [1.29, 1.82) is 0 Å². The fraction of sp³-hybridized carbons (Fsp3) is 0.688. The molecule has 0 aromatic heterocycles. The highest BCUT2D eigenvalue weighted by Gasteiger charge is 2.53. The molecule has 0 saturated carbocycles. The van der Waals surface area contributed by atoms with Gasteiger partial charge in [-0.1, -0.05) is 0 Å². The molecule has 1 spiro atoms.